The van der Waals surface area contributed by atoms with Gasteiger partial charge in [0.05, 0.1) is 5.41 Å². The summed E-state index contributed by atoms with van der Waals surface area (Å²) in [5.41, 5.74) is -0.786. The van der Waals surface area contributed by atoms with Crippen LogP contribution in [-0.2, 0) is 9.59 Å². The maximum absolute atomic E-state index is 12.1. The monoisotopic (exact) mass is 371 g/mol. The van der Waals surface area contributed by atoms with Crippen LogP contribution in [0.3, 0.4) is 0 Å². The van der Waals surface area contributed by atoms with E-state index in [0.29, 0.717) is 31.7 Å². The summed E-state index contributed by atoms with van der Waals surface area (Å²) in [7, 11) is 0. The van der Waals surface area contributed by atoms with Gasteiger partial charge in [0.2, 0.25) is 5.91 Å². The molecular formula is C15H18BrNO3S. The Kier molecular flexibility index (Phi) is 5.32. The number of carboxylic acids is 1. The molecule has 4 nitrogen and oxygen atoms in total. The molecule has 1 unspecified atom stereocenters. The zero-order valence-electron chi connectivity index (χ0n) is 11.8. The Morgan fingerprint density at radius 1 is 1.43 bits per heavy atom. The molecule has 1 N–H and O–H groups in total. The number of carboxylic acid groups (broad SMARTS) is 1. The molecule has 1 atom stereocenters. The van der Waals surface area contributed by atoms with Crippen LogP contribution in [0.25, 0.3) is 0 Å². The minimum atomic E-state index is -0.819. The maximum atomic E-state index is 12.1. The first kappa shape index (κ1) is 16.4. The molecule has 1 fully saturated rings. The normalized spacial score (nSPS) is 21.5. The molecule has 21 heavy (non-hydrogen) atoms. The lowest BCUT2D eigenvalue weighted by atomic mass is 9.90. The highest BCUT2D eigenvalue weighted by atomic mass is 79.9. The molecule has 6 heteroatoms. The van der Waals surface area contributed by atoms with E-state index in [0.717, 1.165) is 9.37 Å². The van der Waals surface area contributed by atoms with Crippen LogP contribution in [0.4, 0.5) is 0 Å². The molecule has 1 aliphatic rings. The second-order valence-electron chi connectivity index (χ2n) is 5.46. The molecule has 2 rings (SSSR count). The first-order valence-corrected chi connectivity index (χ1v) is 8.59. The van der Waals surface area contributed by atoms with Crippen molar-refractivity contribution in [3.05, 3.63) is 28.7 Å². The minimum Gasteiger partial charge on any atom is -0.481 e. The number of aliphatic carboxylic acids is 1. The standard InChI is InChI=1S/C15H18BrNO3S/c1-15(14(19)20)7-8-17(10-15)13(18)6-9-21-12-5-3-2-4-11(12)16/h2-5H,6-10H2,1H3,(H,19,20). The SMILES string of the molecule is CC1(C(=O)O)CCN(C(=O)CCSc2ccccc2Br)C1. The highest BCUT2D eigenvalue weighted by molar-refractivity contribution is 9.10. The number of halogens is 1. The predicted octanol–water partition coefficient (Wildman–Crippen LogP) is 3.25. The molecule has 0 aromatic heterocycles. The summed E-state index contributed by atoms with van der Waals surface area (Å²) in [5.74, 6) is -0.0817. The lowest BCUT2D eigenvalue weighted by Gasteiger charge is -2.20. The Hall–Kier alpha value is -1.01. The number of carbonyl (C=O) groups excluding carboxylic acids is 1. The van der Waals surface area contributed by atoms with E-state index in [1.165, 1.54) is 0 Å². The first-order valence-electron chi connectivity index (χ1n) is 6.81. The molecule has 1 saturated heterocycles. The maximum Gasteiger partial charge on any atom is 0.311 e. The Bertz CT molecular complexity index is 551. The third-order valence-electron chi connectivity index (χ3n) is 3.75. The lowest BCUT2D eigenvalue weighted by molar-refractivity contribution is -0.147. The fraction of sp³-hybridized carbons (Fsp3) is 0.467. The number of nitrogens with zero attached hydrogens (tertiary/aromatic N) is 1. The van der Waals surface area contributed by atoms with Crippen LogP contribution in [0.2, 0.25) is 0 Å². The van der Waals surface area contributed by atoms with Gasteiger partial charge in [0, 0.05) is 34.6 Å². The molecule has 1 aliphatic heterocycles. The van der Waals surface area contributed by atoms with E-state index in [1.54, 1.807) is 23.6 Å². The highest BCUT2D eigenvalue weighted by Gasteiger charge is 2.41. The van der Waals surface area contributed by atoms with Crippen molar-refractivity contribution >= 4 is 39.6 Å². The molecule has 0 bridgehead atoms. The highest BCUT2D eigenvalue weighted by Crippen LogP contribution is 2.31. The minimum absolute atomic E-state index is 0.0412. The van der Waals surface area contributed by atoms with Crippen molar-refractivity contribution in [1.29, 1.82) is 0 Å². The Labute approximate surface area is 137 Å². The third-order valence-corrected chi connectivity index (χ3v) is 5.78. The quantitative estimate of drug-likeness (QED) is 0.807. The van der Waals surface area contributed by atoms with Crippen LogP contribution in [0, 0.1) is 5.41 Å². The van der Waals surface area contributed by atoms with Gasteiger partial charge >= 0.3 is 5.97 Å². The van der Waals surface area contributed by atoms with Crippen molar-refractivity contribution in [2.75, 3.05) is 18.8 Å². The van der Waals surface area contributed by atoms with Gasteiger partial charge in [-0.05, 0) is 41.4 Å². The van der Waals surface area contributed by atoms with Crippen LogP contribution < -0.4 is 0 Å². The van der Waals surface area contributed by atoms with E-state index in [9.17, 15) is 14.7 Å². The van der Waals surface area contributed by atoms with Gasteiger partial charge in [-0.3, -0.25) is 9.59 Å². The van der Waals surface area contributed by atoms with Gasteiger partial charge in [0.15, 0.2) is 0 Å². The number of amides is 1. The second kappa shape index (κ2) is 6.83. The molecule has 1 aromatic carbocycles. The number of benzene rings is 1. The summed E-state index contributed by atoms with van der Waals surface area (Å²) in [6.07, 6.45) is 0.965. The predicted molar refractivity (Wildman–Crippen MR) is 86.4 cm³/mol. The molecule has 0 radical (unpaired) electrons. The summed E-state index contributed by atoms with van der Waals surface area (Å²) in [6.45, 7) is 2.57. The van der Waals surface area contributed by atoms with Crippen molar-refractivity contribution in [3.63, 3.8) is 0 Å². The van der Waals surface area contributed by atoms with Gasteiger partial charge in [0.25, 0.3) is 0 Å². The fourth-order valence-corrected chi connectivity index (χ4v) is 3.82. The summed E-state index contributed by atoms with van der Waals surface area (Å²) >= 11 is 5.11. The van der Waals surface area contributed by atoms with Crippen molar-refractivity contribution in [1.82, 2.24) is 4.90 Å². The molecule has 0 spiro atoms. The van der Waals surface area contributed by atoms with Crippen LogP contribution in [0.5, 0.6) is 0 Å². The zero-order chi connectivity index (χ0) is 15.5. The van der Waals surface area contributed by atoms with E-state index in [-0.39, 0.29) is 5.91 Å². The molecule has 114 valence electrons. The fourth-order valence-electron chi connectivity index (χ4n) is 2.32. The van der Waals surface area contributed by atoms with Crippen molar-refractivity contribution in [2.24, 2.45) is 5.41 Å². The van der Waals surface area contributed by atoms with Crippen molar-refractivity contribution in [3.8, 4) is 0 Å². The first-order chi connectivity index (χ1) is 9.92. The van der Waals surface area contributed by atoms with Gasteiger partial charge in [-0.2, -0.15) is 0 Å². The lowest BCUT2D eigenvalue weighted by Crippen LogP contribution is -2.34. The number of likely N-dealkylation sites (tertiary alicyclic amines) is 1. The Balaban J connectivity index is 1.81. The van der Waals surface area contributed by atoms with Crippen LogP contribution >= 0.6 is 27.7 Å². The smallest absolute Gasteiger partial charge is 0.311 e. The zero-order valence-corrected chi connectivity index (χ0v) is 14.2. The average Bonchev–Trinajstić information content (AvgIpc) is 2.85. The van der Waals surface area contributed by atoms with E-state index in [2.05, 4.69) is 15.9 Å². The third kappa shape index (κ3) is 4.01. The van der Waals surface area contributed by atoms with Crippen molar-refractivity contribution in [2.45, 2.75) is 24.7 Å². The topological polar surface area (TPSA) is 57.6 Å². The summed E-state index contributed by atoms with van der Waals surface area (Å²) < 4.78 is 1.03. The van der Waals surface area contributed by atoms with Crippen LogP contribution in [0.15, 0.2) is 33.6 Å². The van der Waals surface area contributed by atoms with E-state index in [1.807, 2.05) is 24.3 Å². The van der Waals surface area contributed by atoms with Crippen molar-refractivity contribution < 1.29 is 14.7 Å². The van der Waals surface area contributed by atoms with E-state index in [4.69, 9.17) is 0 Å². The average molecular weight is 372 g/mol. The molecule has 0 aliphatic carbocycles. The second-order valence-corrected chi connectivity index (χ2v) is 7.45. The van der Waals surface area contributed by atoms with E-state index < -0.39 is 11.4 Å². The van der Waals surface area contributed by atoms with Crippen LogP contribution in [-0.4, -0.2) is 40.7 Å². The molecule has 0 saturated carbocycles. The van der Waals surface area contributed by atoms with Crippen LogP contribution in [0.1, 0.15) is 19.8 Å². The number of thioether (sulfide) groups is 1. The number of carbonyl (C=O) groups is 2. The van der Waals surface area contributed by atoms with Gasteiger partial charge in [-0.15, -0.1) is 11.8 Å². The van der Waals surface area contributed by atoms with E-state index >= 15 is 0 Å². The summed E-state index contributed by atoms with van der Waals surface area (Å²) in [5, 5.41) is 9.18. The molecule has 1 amide bonds. The molecule has 1 aromatic rings. The van der Waals surface area contributed by atoms with Gasteiger partial charge in [-0.25, -0.2) is 0 Å². The summed E-state index contributed by atoms with van der Waals surface area (Å²) in [4.78, 5) is 26.1. The molecular weight excluding hydrogens is 354 g/mol. The Morgan fingerprint density at radius 2 is 2.14 bits per heavy atom. The van der Waals surface area contributed by atoms with Gasteiger partial charge in [-0.1, -0.05) is 12.1 Å². The number of rotatable bonds is 5. The number of hydrogen-bond acceptors (Lipinski definition) is 3. The van der Waals surface area contributed by atoms with Gasteiger partial charge in [0.1, 0.15) is 0 Å². The Morgan fingerprint density at radius 3 is 2.76 bits per heavy atom. The summed E-state index contributed by atoms with van der Waals surface area (Å²) in [6, 6.07) is 7.91. The number of hydrogen-bond donors (Lipinski definition) is 1. The van der Waals surface area contributed by atoms with Gasteiger partial charge < -0.3 is 10.0 Å². The molecule has 1 heterocycles. The largest absolute Gasteiger partial charge is 0.481 e.